The van der Waals surface area contributed by atoms with Gasteiger partial charge in [-0.05, 0) is 82.2 Å². The molecule has 0 saturated heterocycles. The first-order valence-corrected chi connectivity index (χ1v) is 14.8. The van der Waals surface area contributed by atoms with Crippen molar-refractivity contribution in [3.63, 3.8) is 0 Å². The van der Waals surface area contributed by atoms with Crippen LogP contribution < -0.4 is 4.90 Å². The maximum absolute atomic E-state index is 6.23. The molecule has 3 nitrogen and oxygen atoms in total. The van der Waals surface area contributed by atoms with E-state index < -0.39 is 0 Å². The van der Waals surface area contributed by atoms with Gasteiger partial charge in [0.15, 0.2) is 5.58 Å². The molecular formula is C41H28N2O. The Morgan fingerprint density at radius 2 is 0.955 bits per heavy atom. The topological polar surface area (TPSA) is 29.3 Å². The summed E-state index contributed by atoms with van der Waals surface area (Å²) in [5.74, 6) is 0.627. The van der Waals surface area contributed by atoms with Crippen LogP contribution in [0.15, 0.2) is 174 Å². The SMILES string of the molecule is c1ccc(-c2ccc(N(c3cccc(-c4ccccc4)c3)c3ccc4ccc5oc(-c6ccccc6)nc5c4c3)cc2)cc1. The maximum Gasteiger partial charge on any atom is 0.227 e. The average Bonchev–Trinajstić information content (AvgIpc) is 3.55. The third-order valence-electron chi connectivity index (χ3n) is 8.08. The highest BCUT2D eigenvalue weighted by molar-refractivity contribution is 6.06. The van der Waals surface area contributed by atoms with Crippen LogP contribution in [-0.4, -0.2) is 4.98 Å². The second-order valence-electron chi connectivity index (χ2n) is 10.9. The minimum atomic E-state index is 0.627. The quantitative estimate of drug-likeness (QED) is 0.201. The first-order valence-electron chi connectivity index (χ1n) is 14.8. The standard InChI is InChI=1S/C41H28N2O/c1-4-11-29(12-5-1)31-19-23-35(24-20-31)43(36-18-10-17-34(27-36)30-13-6-2-7-14-30)37-25-21-32-22-26-39-40(38(32)28-37)42-41(44-39)33-15-8-3-9-16-33/h1-28H. The summed E-state index contributed by atoms with van der Waals surface area (Å²) < 4.78 is 6.23. The van der Waals surface area contributed by atoms with Gasteiger partial charge in [-0.1, -0.05) is 115 Å². The Morgan fingerprint density at radius 1 is 0.409 bits per heavy atom. The lowest BCUT2D eigenvalue weighted by Crippen LogP contribution is -2.10. The van der Waals surface area contributed by atoms with Crippen LogP contribution in [0.3, 0.4) is 0 Å². The fraction of sp³-hybridized carbons (Fsp3) is 0. The Kier molecular flexibility index (Phi) is 6.47. The number of oxazole rings is 1. The molecule has 0 radical (unpaired) electrons. The van der Waals surface area contributed by atoms with Gasteiger partial charge in [0.2, 0.25) is 5.89 Å². The Bertz CT molecular complexity index is 2200. The maximum atomic E-state index is 6.23. The lowest BCUT2D eigenvalue weighted by Gasteiger charge is -2.26. The molecule has 1 heterocycles. The summed E-state index contributed by atoms with van der Waals surface area (Å²) in [5, 5.41) is 2.17. The van der Waals surface area contributed by atoms with Crippen molar-refractivity contribution >= 4 is 38.9 Å². The number of rotatable bonds is 6. The third-order valence-corrected chi connectivity index (χ3v) is 8.08. The molecule has 0 atom stereocenters. The Morgan fingerprint density at radius 3 is 1.66 bits per heavy atom. The highest BCUT2D eigenvalue weighted by atomic mass is 16.3. The molecule has 8 aromatic rings. The molecule has 44 heavy (non-hydrogen) atoms. The zero-order chi connectivity index (χ0) is 29.3. The van der Waals surface area contributed by atoms with Crippen molar-refractivity contribution in [2.75, 3.05) is 4.90 Å². The van der Waals surface area contributed by atoms with Crippen LogP contribution >= 0.6 is 0 Å². The molecule has 1 aromatic heterocycles. The van der Waals surface area contributed by atoms with E-state index in [9.17, 15) is 0 Å². The van der Waals surface area contributed by atoms with E-state index >= 15 is 0 Å². The van der Waals surface area contributed by atoms with Gasteiger partial charge < -0.3 is 9.32 Å². The van der Waals surface area contributed by atoms with Crippen molar-refractivity contribution in [3.05, 3.63) is 170 Å². The molecule has 0 bridgehead atoms. The number of hydrogen-bond donors (Lipinski definition) is 0. The number of nitrogens with zero attached hydrogens (tertiary/aromatic N) is 2. The molecule has 0 spiro atoms. The zero-order valence-electron chi connectivity index (χ0n) is 24.0. The summed E-state index contributed by atoms with van der Waals surface area (Å²) in [4.78, 5) is 7.29. The van der Waals surface area contributed by atoms with Crippen LogP contribution in [0.1, 0.15) is 0 Å². The lowest BCUT2D eigenvalue weighted by molar-refractivity contribution is 0.620. The van der Waals surface area contributed by atoms with E-state index in [1.165, 1.54) is 22.3 Å². The summed E-state index contributed by atoms with van der Waals surface area (Å²) >= 11 is 0. The number of aromatic nitrogens is 1. The summed E-state index contributed by atoms with van der Waals surface area (Å²) in [5.41, 5.74) is 10.5. The minimum Gasteiger partial charge on any atom is -0.436 e. The van der Waals surface area contributed by atoms with E-state index in [-0.39, 0.29) is 0 Å². The molecule has 3 heteroatoms. The highest BCUT2D eigenvalue weighted by Gasteiger charge is 2.17. The lowest BCUT2D eigenvalue weighted by atomic mass is 10.0. The molecule has 0 N–H and O–H groups in total. The van der Waals surface area contributed by atoms with Crippen molar-refractivity contribution < 1.29 is 4.42 Å². The Hall–Kier alpha value is -5.93. The molecule has 0 amide bonds. The van der Waals surface area contributed by atoms with E-state index in [4.69, 9.17) is 9.40 Å². The van der Waals surface area contributed by atoms with Gasteiger partial charge in [0, 0.05) is 28.0 Å². The van der Waals surface area contributed by atoms with Gasteiger partial charge >= 0.3 is 0 Å². The monoisotopic (exact) mass is 564 g/mol. The summed E-state index contributed by atoms with van der Waals surface area (Å²) in [6.45, 7) is 0. The van der Waals surface area contributed by atoms with E-state index in [0.717, 1.165) is 44.5 Å². The molecule has 0 unspecified atom stereocenters. The molecular weight excluding hydrogens is 536 g/mol. The molecule has 208 valence electrons. The van der Waals surface area contributed by atoms with Crippen LogP contribution in [0.2, 0.25) is 0 Å². The van der Waals surface area contributed by atoms with Crippen molar-refractivity contribution in [2.24, 2.45) is 0 Å². The van der Waals surface area contributed by atoms with Crippen molar-refractivity contribution in [3.8, 4) is 33.7 Å². The minimum absolute atomic E-state index is 0.627. The molecule has 0 fully saturated rings. The first-order chi connectivity index (χ1) is 21.8. The molecule has 8 rings (SSSR count). The summed E-state index contributed by atoms with van der Waals surface area (Å²) in [7, 11) is 0. The summed E-state index contributed by atoms with van der Waals surface area (Å²) in [6, 6.07) is 59.3. The first kappa shape index (κ1) is 25.8. The van der Waals surface area contributed by atoms with E-state index in [1.807, 2.05) is 42.5 Å². The highest BCUT2D eigenvalue weighted by Crippen LogP contribution is 2.40. The van der Waals surface area contributed by atoms with Gasteiger partial charge in [-0.2, -0.15) is 0 Å². The van der Waals surface area contributed by atoms with E-state index in [1.54, 1.807) is 0 Å². The van der Waals surface area contributed by atoms with Crippen molar-refractivity contribution in [1.29, 1.82) is 0 Å². The summed E-state index contributed by atoms with van der Waals surface area (Å²) in [6.07, 6.45) is 0. The van der Waals surface area contributed by atoms with Crippen LogP contribution in [0, 0.1) is 0 Å². The van der Waals surface area contributed by atoms with E-state index in [0.29, 0.717) is 5.89 Å². The molecule has 0 saturated carbocycles. The second-order valence-corrected chi connectivity index (χ2v) is 10.9. The van der Waals surface area contributed by atoms with Gasteiger partial charge in [0.05, 0.1) is 0 Å². The average molecular weight is 565 g/mol. The predicted octanol–water partition coefficient (Wildman–Crippen LogP) is 11.5. The second kappa shape index (κ2) is 11.0. The largest absolute Gasteiger partial charge is 0.436 e. The van der Waals surface area contributed by atoms with Crippen LogP contribution in [0.4, 0.5) is 17.1 Å². The number of benzene rings is 7. The fourth-order valence-corrected chi connectivity index (χ4v) is 5.88. The Labute approximate surface area is 256 Å². The number of hydrogen-bond acceptors (Lipinski definition) is 3. The zero-order valence-corrected chi connectivity index (χ0v) is 24.0. The molecule has 0 aliphatic heterocycles. The van der Waals surface area contributed by atoms with Gasteiger partial charge in [-0.25, -0.2) is 4.98 Å². The number of fused-ring (bicyclic) bond motifs is 3. The van der Waals surface area contributed by atoms with Gasteiger partial charge in [0.1, 0.15) is 5.52 Å². The van der Waals surface area contributed by atoms with Gasteiger partial charge in [-0.3, -0.25) is 0 Å². The van der Waals surface area contributed by atoms with E-state index in [2.05, 4.69) is 132 Å². The normalized spacial score (nSPS) is 11.2. The van der Waals surface area contributed by atoms with Crippen molar-refractivity contribution in [2.45, 2.75) is 0 Å². The van der Waals surface area contributed by atoms with Crippen LogP contribution in [-0.2, 0) is 0 Å². The van der Waals surface area contributed by atoms with Crippen molar-refractivity contribution in [1.82, 2.24) is 4.98 Å². The molecule has 7 aromatic carbocycles. The Balaban J connectivity index is 1.29. The third kappa shape index (κ3) is 4.81. The number of anilines is 3. The molecule has 0 aliphatic carbocycles. The smallest absolute Gasteiger partial charge is 0.227 e. The predicted molar refractivity (Wildman–Crippen MR) is 183 cm³/mol. The van der Waals surface area contributed by atoms with Gasteiger partial charge in [0.25, 0.3) is 0 Å². The van der Waals surface area contributed by atoms with Crippen LogP contribution in [0.25, 0.3) is 55.6 Å². The van der Waals surface area contributed by atoms with Gasteiger partial charge in [-0.15, -0.1) is 0 Å². The fourth-order valence-electron chi connectivity index (χ4n) is 5.88. The van der Waals surface area contributed by atoms with Crippen LogP contribution in [0.5, 0.6) is 0 Å². The molecule has 0 aliphatic rings.